The number of nitro groups is 1. The summed E-state index contributed by atoms with van der Waals surface area (Å²) < 4.78 is 5.04. The molecule has 0 heterocycles. The van der Waals surface area contributed by atoms with E-state index >= 15 is 0 Å². The molecule has 9 nitrogen and oxygen atoms in total. The second-order valence-electron chi connectivity index (χ2n) is 5.10. The average Bonchev–Trinajstić information content (AvgIpc) is 2.69. The monoisotopic (exact) mass is 363 g/mol. The standard InChI is InChI=1S/C18H13N5O4/c1-27-17-8-15(23(25)26)6-7-16(17)22-18(24)13(10-20)11-21-14-4-2-12(9-19)3-5-14/h2-8,11,21H,1H3,(H,22,24)/b13-11-. The predicted molar refractivity (Wildman–Crippen MR) is 96.8 cm³/mol. The molecule has 0 aromatic heterocycles. The molecule has 0 fully saturated rings. The highest BCUT2D eigenvalue weighted by atomic mass is 16.6. The van der Waals surface area contributed by atoms with Crippen molar-refractivity contribution in [3.63, 3.8) is 0 Å². The van der Waals surface area contributed by atoms with Gasteiger partial charge in [-0.2, -0.15) is 10.5 Å². The summed E-state index contributed by atoms with van der Waals surface area (Å²) in [7, 11) is 1.31. The normalized spacial score (nSPS) is 10.3. The van der Waals surface area contributed by atoms with Crippen LogP contribution in [0.5, 0.6) is 5.75 Å². The lowest BCUT2D eigenvalue weighted by atomic mass is 10.2. The van der Waals surface area contributed by atoms with Crippen molar-refractivity contribution in [2.45, 2.75) is 0 Å². The van der Waals surface area contributed by atoms with Crippen LogP contribution < -0.4 is 15.4 Å². The van der Waals surface area contributed by atoms with Crippen LogP contribution in [0.25, 0.3) is 0 Å². The molecular weight excluding hydrogens is 350 g/mol. The lowest BCUT2D eigenvalue weighted by molar-refractivity contribution is -0.384. The largest absolute Gasteiger partial charge is 0.494 e. The van der Waals surface area contributed by atoms with Gasteiger partial charge in [0.25, 0.3) is 11.6 Å². The lowest BCUT2D eigenvalue weighted by Crippen LogP contribution is -2.15. The number of anilines is 2. The summed E-state index contributed by atoms with van der Waals surface area (Å²) in [4.78, 5) is 22.5. The van der Waals surface area contributed by atoms with Crippen molar-refractivity contribution in [3.05, 3.63) is 69.9 Å². The molecule has 0 saturated heterocycles. The van der Waals surface area contributed by atoms with Crippen LogP contribution in [0.2, 0.25) is 0 Å². The number of carbonyl (C=O) groups is 1. The third-order valence-electron chi connectivity index (χ3n) is 3.41. The fourth-order valence-corrected chi connectivity index (χ4v) is 2.03. The minimum atomic E-state index is -0.717. The number of hydrogen-bond donors (Lipinski definition) is 2. The molecule has 0 radical (unpaired) electrons. The van der Waals surface area contributed by atoms with Gasteiger partial charge in [-0.25, -0.2) is 0 Å². The van der Waals surface area contributed by atoms with Gasteiger partial charge >= 0.3 is 0 Å². The zero-order chi connectivity index (χ0) is 19.8. The van der Waals surface area contributed by atoms with Crippen molar-refractivity contribution in [3.8, 4) is 17.9 Å². The summed E-state index contributed by atoms with van der Waals surface area (Å²) in [5.74, 6) is -0.624. The predicted octanol–water partition coefficient (Wildman–Crippen LogP) is 2.93. The van der Waals surface area contributed by atoms with Gasteiger partial charge in [0, 0.05) is 18.0 Å². The van der Waals surface area contributed by atoms with E-state index in [-0.39, 0.29) is 22.7 Å². The number of methoxy groups -OCH3 is 1. The summed E-state index contributed by atoms with van der Waals surface area (Å²) >= 11 is 0. The van der Waals surface area contributed by atoms with Gasteiger partial charge in [0.2, 0.25) is 0 Å². The first kappa shape index (κ1) is 19.0. The number of nitrogens with zero attached hydrogens (tertiary/aromatic N) is 3. The first-order chi connectivity index (χ1) is 13.0. The summed E-state index contributed by atoms with van der Waals surface area (Å²) in [5.41, 5.74) is 0.839. The first-order valence-electron chi connectivity index (χ1n) is 7.49. The molecule has 0 saturated carbocycles. The molecular formula is C18H13N5O4. The van der Waals surface area contributed by atoms with Crippen LogP contribution in [0.3, 0.4) is 0 Å². The maximum atomic E-state index is 12.3. The fourth-order valence-electron chi connectivity index (χ4n) is 2.03. The molecule has 2 aromatic rings. The molecule has 0 aliphatic rings. The number of rotatable bonds is 6. The molecule has 0 aliphatic heterocycles. The summed E-state index contributed by atoms with van der Waals surface area (Å²) in [6, 6.07) is 13.9. The van der Waals surface area contributed by atoms with Gasteiger partial charge in [0.05, 0.1) is 35.4 Å². The molecule has 134 valence electrons. The third-order valence-corrected chi connectivity index (χ3v) is 3.41. The van der Waals surface area contributed by atoms with Gasteiger partial charge in [-0.15, -0.1) is 0 Å². The molecule has 0 atom stereocenters. The molecule has 0 spiro atoms. The number of nitro benzene ring substituents is 1. The SMILES string of the molecule is COc1cc([N+](=O)[O-])ccc1NC(=O)/C(C#N)=C\Nc1ccc(C#N)cc1. The lowest BCUT2D eigenvalue weighted by Gasteiger charge is -2.09. The number of benzene rings is 2. The zero-order valence-corrected chi connectivity index (χ0v) is 14.1. The average molecular weight is 363 g/mol. The molecule has 0 aliphatic carbocycles. The van der Waals surface area contributed by atoms with Crippen LogP contribution in [0, 0.1) is 32.8 Å². The molecule has 2 rings (SSSR count). The third kappa shape index (κ3) is 4.81. The van der Waals surface area contributed by atoms with E-state index in [0.29, 0.717) is 11.3 Å². The Morgan fingerprint density at radius 1 is 1.22 bits per heavy atom. The Labute approximate surface area is 154 Å². The van der Waals surface area contributed by atoms with Gasteiger partial charge in [0.15, 0.2) is 0 Å². The number of hydrogen-bond acceptors (Lipinski definition) is 7. The zero-order valence-electron chi connectivity index (χ0n) is 14.1. The van der Waals surface area contributed by atoms with Crippen molar-refractivity contribution >= 4 is 23.0 Å². The molecule has 9 heteroatoms. The van der Waals surface area contributed by atoms with E-state index in [0.717, 1.165) is 0 Å². The van der Waals surface area contributed by atoms with Crippen molar-refractivity contribution < 1.29 is 14.5 Å². The van der Waals surface area contributed by atoms with Crippen molar-refractivity contribution in [1.82, 2.24) is 0 Å². The van der Waals surface area contributed by atoms with E-state index in [1.54, 1.807) is 30.3 Å². The van der Waals surface area contributed by atoms with Crippen molar-refractivity contribution in [2.24, 2.45) is 0 Å². The van der Waals surface area contributed by atoms with E-state index < -0.39 is 10.8 Å². The second kappa shape index (κ2) is 8.65. The molecule has 0 unspecified atom stereocenters. The van der Waals surface area contributed by atoms with Crippen LogP contribution in [0.1, 0.15) is 5.56 Å². The highest BCUT2D eigenvalue weighted by Gasteiger charge is 2.15. The Kier molecular flexibility index (Phi) is 6.07. The Hall–Kier alpha value is -4.37. The smallest absolute Gasteiger partial charge is 0.273 e. The van der Waals surface area contributed by atoms with E-state index in [1.165, 1.54) is 31.5 Å². The number of ether oxygens (including phenoxy) is 1. The van der Waals surface area contributed by atoms with Crippen LogP contribution in [0.4, 0.5) is 17.1 Å². The Morgan fingerprint density at radius 2 is 1.93 bits per heavy atom. The highest BCUT2D eigenvalue weighted by molar-refractivity contribution is 6.07. The second-order valence-corrected chi connectivity index (χ2v) is 5.10. The van der Waals surface area contributed by atoms with Gasteiger partial charge in [0.1, 0.15) is 17.4 Å². The summed E-state index contributed by atoms with van der Waals surface area (Å²) in [6.07, 6.45) is 1.22. The first-order valence-corrected chi connectivity index (χ1v) is 7.49. The van der Waals surface area contributed by atoms with Gasteiger partial charge in [-0.05, 0) is 30.3 Å². The number of amides is 1. The molecule has 0 bridgehead atoms. The Balaban J connectivity index is 2.16. The maximum Gasteiger partial charge on any atom is 0.273 e. The van der Waals surface area contributed by atoms with E-state index in [2.05, 4.69) is 10.6 Å². The Morgan fingerprint density at radius 3 is 2.48 bits per heavy atom. The minimum absolute atomic E-state index is 0.0925. The Bertz CT molecular complexity index is 984. The van der Waals surface area contributed by atoms with Crippen molar-refractivity contribution in [1.29, 1.82) is 10.5 Å². The minimum Gasteiger partial charge on any atom is -0.494 e. The molecule has 1 amide bonds. The van der Waals surface area contributed by atoms with Crippen LogP contribution >= 0.6 is 0 Å². The van der Waals surface area contributed by atoms with Gasteiger partial charge < -0.3 is 15.4 Å². The fraction of sp³-hybridized carbons (Fsp3) is 0.0556. The maximum absolute atomic E-state index is 12.3. The number of nitrogens with one attached hydrogen (secondary N) is 2. The topological polar surface area (TPSA) is 141 Å². The quantitative estimate of drug-likeness (QED) is 0.348. The van der Waals surface area contributed by atoms with E-state index in [4.69, 9.17) is 10.00 Å². The van der Waals surface area contributed by atoms with E-state index in [1.807, 2.05) is 6.07 Å². The van der Waals surface area contributed by atoms with Crippen molar-refractivity contribution in [2.75, 3.05) is 17.7 Å². The van der Waals surface area contributed by atoms with Gasteiger partial charge in [-0.3, -0.25) is 14.9 Å². The van der Waals surface area contributed by atoms with Crippen LogP contribution in [0.15, 0.2) is 54.2 Å². The number of carbonyl (C=O) groups excluding carboxylic acids is 1. The summed E-state index contributed by atoms with van der Waals surface area (Å²) in [5, 5.41) is 34.0. The number of non-ortho nitro benzene ring substituents is 1. The highest BCUT2D eigenvalue weighted by Crippen LogP contribution is 2.29. The van der Waals surface area contributed by atoms with E-state index in [9.17, 15) is 20.2 Å². The van der Waals surface area contributed by atoms with Crippen LogP contribution in [-0.4, -0.2) is 17.9 Å². The molecule has 2 N–H and O–H groups in total. The molecule has 27 heavy (non-hydrogen) atoms. The van der Waals surface area contributed by atoms with Gasteiger partial charge in [-0.1, -0.05) is 0 Å². The van der Waals surface area contributed by atoms with Crippen LogP contribution in [-0.2, 0) is 4.79 Å². The number of nitriles is 2. The molecule has 2 aromatic carbocycles. The summed E-state index contributed by atoms with van der Waals surface area (Å²) in [6.45, 7) is 0.